The quantitative estimate of drug-likeness (QED) is 0.711. The van der Waals surface area contributed by atoms with Crippen molar-refractivity contribution in [1.29, 1.82) is 0 Å². The van der Waals surface area contributed by atoms with Crippen molar-refractivity contribution in [2.24, 2.45) is 7.05 Å². The maximum absolute atomic E-state index is 13.0. The Morgan fingerprint density at radius 1 is 1.36 bits per heavy atom. The van der Waals surface area contributed by atoms with Crippen LogP contribution in [0, 0.1) is 0 Å². The van der Waals surface area contributed by atoms with Crippen LogP contribution in [0.25, 0.3) is 5.65 Å². The van der Waals surface area contributed by atoms with Crippen LogP contribution in [-0.4, -0.2) is 37.0 Å². The molecule has 0 N–H and O–H groups in total. The van der Waals surface area contributed by atoms with Crippen molar-refractivity contribution in [2.75, 3.05) is 7.05 Å². The van der Waals surface area contributed by atoms with Gasteiger partial charge in [-0.15, -0.1) is 0 Å². The van der Waals surface area contributed by atoms with Gasteiger partial charge in [-0.25, -0.2) is 4.98 Å². The average Bonchev–Trinajstić information content (AvgIpc) is 3.05. The molecule has 0 bridgehead atoms. The molecular weight excluding hydrogens is 359 g/mol. The predicted molar refractivity (Wildman–Crippen MR) is 84.2 cm³/mol. The number of carbonyl (C=O) groups excluding carboxylic acids is 1. The molecular formula is C15H13ClF3N5O. The number of fused-ring (bicyclic) bond motifs is 1. The van der Waals surface area contributed by atoms with E-state index in [9.17, 15) is 18.0 Å². The molecule has 1 amide bonds. The largest absolute Gasteiger partial charge is 0.434 e. The van der Waals surface area contributed by atoms with Crippen LogP contribution >= 0.6 is 11.6 Å². The molecule has 0 aliphatic carbocycles. The number of halogens is 4. The van der Waals surface area contributed by atoms with Crippen LogP contribution in [0.3, 0.4) is 0 Å². The van der Waals surface area contributed by atoms with E-state index < -0.39 is 28.5 Å². The lowest BCUT2D eigenvalue weighted by Crippen LogP contribution is -2.27. The first-order valence-corrected chi connectivity index (χ1v) is 7.54. The molecule has 0 aliphatic rings. The van der Waals surface area contributed by atoms with Crippen molar-refractivity contribution in [3.8, 4) is 0 Å². The van der Waals surface area contributed by atoms with Crippen LogP contribution in [0.2, 0.25) is 5.02 Å². The second kappa shape index (κ2) is 6.07. The SMILES string of the molecule is CN(Cc1cn2ccccc2n1)C(=O)c1nn(C)c(C(F)(F)F)c1Cl. The topological polar surface area (TPSA) is 55.4 Å². The second-order valence-electron chi connectivity index (χ2n) is 5.49. The summed E-state index contributed by atoms with van der Waals surface area (Å²) in [7, 11) is 2.54. The molecule has 25 heavy (non-hydrogen) atoms. The van der Waals surface area contributed by atoms with Gasteiger partial charge < -0.3 is 9.30 Å². The molecule has 0 atom stereocenters. The fraction of sp³-hybridized carbons (Fsp3) is 0.267. The van der Waals surface area contributed by atoms with Crippen molar-refractivity contribution in [2.45, 2.75) is 12.7 Å². The van der Waals surface area contributed by atoms with E-state index in [1.54, 1.807) is 22.9 Å². The van der Waals surface area contributed by atoms with E-state index in [1.165, 1.54) is 11.9 Å². The average molecular weight is 372 g/mol. The maximum atomic E-state index is 13.0. The number of amides is 1. The third-order valence-corrected chi connectivity index (χ3v) is 3.98. The fourth-order valence-corrected chi connectivity index (χ4v) is 2.85. The molecule has 0 aliphatic heterocycles. The summed E-state index contributed by atoms with van der Waals surface area (Å²) in [4.78, 5) is 18.0. The standard InChI is InChI=1S/C15H13ClF3N5O/c1-22(7-9-8-24-6-4-3-5-10(24)20-9)14(25)12-11(16)13(15(17,18)19)23(2)21-12/h3-6,8H,7H2,1-2H3. The van der Waals surface area contributed by atoms with Crippen LogP contribution in [0.1, 0.15) is 21.9 Å². The molecule has 3 heterocycles. The van der Waals surface area contributed by atoms with Gasteiger partial charge >= 0.3 is 6.18 Å². The minimum Gasteiger partial charge on any atom is -0.334 e. The minimum absolute atomic E-state index is 0.106. The molecule has 132 valence electrons. The maximum Gasteiger partial charge on any atom is 0.434 e. The number of nitrogens with zero attached hydrogens (tertiary/aromatic N) is 5. The molecule has 0 unspecified atom stereocenters. The van der Waals surface area contributed by atoms with Gasteiger partial charge in [-0.3, -0.25) is 9.48 Å². The van der Waals surface area contributed by atoms with Crippen LogP contribution in [-0.2, 0) is 19.8 Å². The Kier molecular flexibility index (Phi) is 4.19. The highest BCUT2D eigenvalue weighted by Gasteiger charge is 2.40. The zero-order valence-electron chi connectivity index (χ0n) is 13.3. The molecule has 0 saturated carbocycles. The molecule has 0 spiro atoms. The molecule has 0 saturated heterocycles. The minimum atomic E-state index is -4.70. The van der Waals surface area contributed by atoms with E-state index in [-0.39, 0.29) is 6.54 Å². The Balaban J connectivity index is 1.85. The van der Waals surface area contributed by atoms with Gasteiger partial charge in [-0.05, 0) is 12.1 Å². The Bertz CT molecular complexity index is 913. The number of aromatic nitrogens is 4. The van der Waals surface area contributed by atoms with Crippen molar-refractivity contribution < 1.29 is 18.0 Å². The third-order valence-electron chi connectivity index (χ3n) is 3.62. The van der Waals surface area contributed by atoms with Gasteiger partial charge in [0.1, 0.15) is 10.7 Å². The van der Waals surface area contributed by atoms with Gasteiger partial charge in [0.15, 0.2) is 11.4 Å². The molecule has 3 rings (SSSR count). The molecule has 3 aromatic heterocycles. The Labute approximate surface area is 145 Å². The summed E-state index contributed by atoms with van der Waals surface area (Å²) in [5, 5.41) is 2.92. The monoisotopic (exact) mass is 371 g/mol. The van der Waals surface area contributed by atoms with Crippen LogP contribution < -0.4 is 0 Å². The number of alkyl halides is 3. The summed E-state index contributed by atoms with van der Waals surface area (Å²) in [5.41, 5.74) is -0.305. The molecule has 6 nitrogen and oxygen atoms in total. The van der Waals surface area contributed by atoms with Crippen molar-refractivity contribution in [3.05, 3.63) is 52.7 Å². The second-order valence-corrected chi connectivity index (χ2v) is 5.87. The molecule has 0 radical (unpaired) electrons. The number of rotatable bonds is 3. The van der Waals surface area contributed by atoms with Crippen LogP contribution in [0.15, 0.2) is 30.6 Å². The van der Waals surface area contributed by atoms with Gasteiger partial charge in [-0.2, -0.15) is 18.3 Å². The number of pyridine rings is 1. The normalized spacial score (nSPS) is 11.9. The van der Waals surface area contributed by atoms with Crippen molar-refractivity contribution in [3.63, 3.8) is 0 Å². The van der Waals surface area contributed by atoms with Gasteiger partial charge in [0.05, 0.1) is 12.2 Å². The number of aryl methyl sites for hydroxylation is 1. The lowest BCUT2D eigenvalue weighted by atomic mass is 10.3. The first kappa shape index (κ1) is 17.3. The van der Waals surface area contributed by atoms with Gasteiger partial charge in [-0.1, -0.05) is 17.7 Å². The zero-order valence-corrected chi connectivity index (χ0v) is 14.0. The number of carbonyl (C=O) groups is 1. The molecule has 0 aromatic carbocycles. The van der Waals surface area contributed by atoms with E-state index in [0.717, 1.165) is 7.05 Å². The third kappa shape index (κ3) is 3.19. The summed E-state index contributed by atoms with van der Waals surface area (Å²) in [6.45, 7) is 0.106. The summed E-state index contributed by atoms with van der Waals surface area (Å²) < 4.78 is 41.3. The molecule has 3 aromatic rings. The number of hydrogen-bond acceptors (Lipinski definition) is 3. The highest BCUT2D eigenvalue weighted by Crippen LogP contribution is 2.36. The van der Waals surface area contributed by atoms with E-state index in [2.05, 4.69) is 10.1 Å². The van der Waals surface area contributed by atoms with E-state index in [4.69, 9.17) is 11.6 Å². The Morgan fingerprint density at radius 2 is 2.08 bits per heavy atom. The fourth-order valence-electron chi connectivity index (χ4n) is 2.50. The smallest absolute Gasteiger partial charge is 0.334 e. The van der Waals surface area contributed by atoms with Gasteiger partial charge in [0.2, 0.25) is 0 Å². The first-order chi connectivity index (χ1) is 11.7. The summed E-state index contributed by atoms with van der Waals surface area (Å²) in [6.07, 6.45) is -1.16. The van der Waals surface area contributed by atoms with E-state index in [0.29, 0.717) is 16.0 Å². The van der Waals surface area contributed by atoms with Crippen LogP contribution in [0.5, 0.6) is 0 Å². The summed E-state index contributed by atoms with van der Waals surface area (Å²) in [6, 6.07) is 5.46. The lowest BCUT2D eigenvalue weighted by Gasteiger charge is -2.14. The van der Waals surface area contributed by atoms with Gasteiger partial charge in [0, 0.05) is 26.5 Å². The van der Waals surface area contributed by atoms with E-state index in [1.807, 2.05) is 12.1 Å². The Morgan fingerprint density at radius 3 is 2.68 bits per heavy atom. The molecule has 0 fully saturated rings. The highest BCUT2D eigenvalue weighted by molar-refractivity contribution is 6.34. The van der Waals surface area contributed by atoms with Crippen molar-refractivity contribution in [1.82, 2.24) is 24.1 Å². The number of hydrogen-bond donors (Lipinski definition) is 0. The number of imidazole rings is 1. The first-order valence-electron chi connectivity index (χ1n) is 7.16. The van der Waals surface area contributed by atoms with Gasteiger partial charge in [0.25, 0.3) is 5.91 Å². The predicted octanol–water partition coefficient (Wildman–Crippen LogP) is 3.01. The van der Waals surface area contributed by atoms with Crippen molar-refractivity contribution >= 4 is 23.2 Å². The summed E-state index contributed by atoms with van der Waals surface area (Å²) >= 11 is 5.75. The zero-order chi connectivity index (χ0) is 18.4. The van der Waals surface area contributed by atoms with Crippen LogP contribution in [0.4, 0.5) is 13.2 Å². The highest BCUT2D eigenvalue weighted by atomic mass is 35.5. The Hall–Kier alpha value is -2.55. The molecule has 10 heteroatoms. The lowest BCUT2D eigenvalue weighted by molar-refractivity contribution is -0.143. The summed E-state index contributed by atoms with van der Waals surface area (Å²) in [5.74, 6) is -0.715. The van der Waals surface area contributed by atoms with E-state index >= 15 is 0 Å².